The molecule has 1 aromatic rings. The Bertz CT molecular complexity index is 340. The molecular weight excluding hydrogens is 184 g/mol. The molecule has 1 saturated heterocycles. The predicted molar refractivity (Wildman–Crippen MR) is 45.5 cm³/mol. The van der Waals surface area contributed by atoms with Gasteiger partial charge < -0.3 is 14.4 Å². The quantitative estimate of drug-likeness (QED) is 0.745. The van der Waals surface area contributed by atoms with Crippen molar-refractivity contribution in [3.8, 4) is 0 Å². The minimum atomic E-state index is -0.651. The fourth-order valence-corrected chi connectivity index (χ4v) is 2.16. The Labute approximate surface area is 81.1 Å². The van der Waals surface area contributed by atoms with E-state index in [4.69, 9.17) is 9.26 Å². The van der Waals surface area contributed by atoms with E-state index >= 15 is 0 Å². The minimum absolute atomic E-state index is 0.378. The first-order valence-electron chi connectivity index (χ1n) is 4.86. The van der Waals surface area contributed by atoms with Crippen LogP contribution in [0.15, 0.2) is 4.52 Å². The summed E-state index contributed by atoms with van der Waals surface area (Å²) in [6.45, 7) is 3.24. The average molecular weight is 196 g/mol. The zero-order valence-electron chi connectivity index (χ0n) is 7.88. The van der Waals surface area contributed by atoms with Crippen molar-refractivity contribution < 1.29 is 14.4 Å². The largest absolute Gasteiger partial charge is 0.385 e. The molecule has 0 aromatic carbocycles. The summed E-state index contributed by atoms with van der Waals surface area (Å²) in [4.78, 5) is 4.17. The van der Waals surface area contributed by atoms with Gasteiger partial charge in [-0.3, -0.25) is 0 Å². The molecule has 5 nitrogen and oxygen atoms in total. The number of rotatable bonds is 2. The van der Waals surface area contributed by atoms with Crippen molar-refractivity contribution in [3.05, 3.63) is 11.7 Å². The van der Waals surface area contributed by atoms with Crippen molar-refractivity contribution in [2.45, 2.75) is 18.9 Å². The Morgan fingerprint density at radius 2 is 2.14 bits per heavy atom. The van der Waals surface area contributed by atoms with Crippen molar-refractivity contribution in [3.63, 3.8) is 0 Å². The highest BCUT2D eigenvalue weighted by molar-refractivity contribution is 5.15. The second-order valence-electron chi connectivity index (χ2n) is 4.06. The average Bonchev–Trinajstić information content (AvgIpc) is 2.63. The van der Waals surface area contributed by atoms with E-state index in [-0.39, 0.29) is 0 Å². The van der Waals surface area contributed by atoms with E-state index in [1.165, 1.54) is 0 Å². The molecule has 1 aliphatic carbocycles. The van der Waals surface area contributed by atoms with Crippen molar-refractivity contribution >= 4 is 0 Å². The number of nitrogens with zero attached hydrogens (tertiary/aromatic N) is 2. The molecule has 3 unspecified atom stereocenters. The second-order valence-corrected chi connectivity index (χ2v) is 4.06. The van der Waals surface area contributed by atoms with Crippen molar-refractivity contribution in [2.24, 2.45) is 11.8 Å². The van der Waals surface area contributed by atoms with Gasteiger partial charge in [-0.05, 0) is 18.8 Å². The summed E-state index contributed by atoms with van der Waals surface area (Å²) >= 11 is 0. The number of ether oxygens (including phenoxy) is 1. The maximum Gasteiger partial charge on any atom is 0.230 e. The standard InChI is InChI=1S/C9H12N2O3/c1-4(12)8-10-9(14-11-8)7-5-2-13-3-6(5)7/h4-7,12H,2-3H2,1H3. The summed E-state index contributed by atoms with van der Waals surface area (Å²) in [5.74, 6) is 2.56. The third kappa shape index (κ3) is 1.09. The molecule has 2 fully saturated rings. The maximum atomic E-state index is 9.23. The summed E-state index contributed by atoms with van der Waals surface area (Å²) in [6.07, 6.45) is -0.651. The molecule has 0 bridgehead atoms. The highest BCUT2D eigenvalue weighted by Crippen LogP contribution is 2.56. The van der Waals surface area contributed by atoms with Gasteiger partial charge in [0.2, 0.25) is 5.89 Å². The molecule has 3 atom stereocenters. The molecule has 1 N–H and O–H groups in total. The monoisotopic (exact) mass is 196 g/mol. The molecule has 1 saturated carbocycles. The third-order valence-electron chi connectivity index (χ3n) is 3.07. The Hall–Kier alpha value is -0.940. The van der Waals surface area contributed by atoms with Gasteiger partial charge in [0.25, 0.3) is 0 Å². The molecule has 14 heavy (non-hydrogen) atoms. The fourth-order valence-electron chi connectivity index (χ4n) is 2.16. The topological polar surface area (TPSA) is 68.4 Å². The third-order valence-corrected chi connectivity index (χ3v) is 3.07. The lowest BCUT2D eigenvalue weighted by molar-refractivity contribution is 0.155. The van der Waals surface area contributed by atoms with E-state index < -0.39 is 6.10 Å². The number of fused-ring (bicyclic) bond motifs is 1. The van der Waals surface area contributed by atoms with Crippen molar-refractivity contribution in [2.75, 3.05) is 13.2 Å². The van der Waals surface area contributed by atoms with Crippen LogP contribution in [0.1, 0.15) is 30.7 Å². The number of hydrogen-bond donors (Lipinski definition) is 1. The van der Waals surface area contributed by atoms with E-state index in [1.807, 2.05) is 0 Å². The maximum absolute atomic E-state index is 9.23. The molecule has 0 radical (unpaired) electrons. The molecule has 0 amide bonds. The van der Waals surface area contributed by atoms with Gasteiger partial charge in [0.1, 0.15) is 6.10 Å². The smallest absolute Gasteiger partial charge is 0.230 e. The van der Waals surface area contributed by atoms with Crippen LogP contribution in [0.4, 0.5) is 0 Å². The molecule has 76 valence electrons. The summed E-state index contributed by atoms with van der Waals surface area (Å²) in [5, 5.41) is 13.0. The first-order valence-corrected chi connectivity index (χ1v) is 4.86. The number of aromatic nitrogens is 2. The van der Waals surface area contributed by atoms with E-state index in [2.05, 4.69) is 10.1 Å². The van der Waals surface area contributed by atoms with Crippen LogP contribution < -0.4 is 0 Å². The van der Waals surface area contributed by atoms with Crippen LogP contribution in [0.25, 0.3) is 0 Å². The number of aliphatic hydroxyl groups excluding tert-OH is 1. The molecule has 3 rings (SSSR count). The van der Waals surface area contributed by atoms with Gasteiger partial charge in [-0.15, -0.1) is 0 Å². The van der Waals surface area contributed by atoms with E-state index in [9.17, 15) is 5.11 Å². The summed E-state index contributed by atoms with van der Waals surface area (Å²) < 4.78 is 10.4. The van der Waals surface area contributed by atoms with Crippen LogP contribution in [0.5, 0.6) is 0 Å². The SMILES string of the molecule is CC(O)c1noc(C2C3COCC32)n1. The fraction of sp³-hybridized carbons (Fsp3) is 0.778. The lowest BCUT2D eigenvalue weighted by Gasteiger charge is -1.97. The van der Waals surface area contributed by atoms with Gasteiger partial charge in [-0.25, -0.2) is 0 Å². The van der Waals surface area contributed by atoms with Gasteiger partial charge >= 0.3 is 0 Å². The highest BCUT2D eigenvalue weighted by atomic mass is 16.5. The zero-order valence-corrected chi connectivity index (χ0v) is 7.88. The first kappa shape index (κ1) is 8.38. The molecule has 0 spiro atoms. The van der Waals surface area contributed by atoms with Gasteiger partial charge in [-0.1, -0.05) is 5.16 Å². The normalized spacial score (nSPS) is 36.9. The Balaban J connectivity index is 1.78. The lowest BCUT2D eigenvalue weighted by Crippen LogP contribution is -1.98. The van der Waals surface area contributed by atoms with Crippen LogP contribution in [-0.2, 0) is 4.74 Å². The summed E-state index contributed by atoms with van der Waals surface area (Å²) in [5.41, 5.74) is 0. The summed E-state index contributed by atoms with van der Waals surface area (Å²) in [7, 11) is 0. The summed E-state index contributed by atoms with van der Waals surface area (Å²) in [6, 6.07) is 0. The molecule has 2 aliphatic rings. The second kappa shape index (κ2) is 2.77. The van der Waals surface area contributed by atoms with Gasteiger partial charge in [0.15, 0.2) is 5.82 Å². The van der Waals surface area contributed by atoms with Crippen LogP contribution in [-0.4, -0.2) is 28.5 Å². The van der Waals surface area contributed by atoms with Gasteiger partial charge in [-0.2, -0.15) is 4.98 Å². The Morgan fingerprint density at radius 1 is 1.43 bits per heavy atom. The van der Waals surface area contributed by atoms with E-state index in [0.717, 1.165) is 13.2 Å². The molecule has 1 aromatic heterocycles. The van der Waals surface area contributed by atoms with Crippen molar-refractivity contribution in [1.29, 1.82) is 0 Å². The highest BCUT2D eigenvalue weighted by Gasteiger charge is 2.57. The van der Waals surface area contributed by atoms with Crippen LogP contribution in [0.3, 0.4) is 0 Å². The van der Waals surface area contributed by atoms with Crippen LogP contribution >= 0.6 is 0 Å². The van der Waals surface area contributed by atoms with Gasteiger partial charge in [0, 0.05) is 5.92 Å². The van der Waals surface area contributed by atoms with E-state index in [0.29, 0.717) is 29.5 Å². The zero-order chi connectivity index (χ0) is 9.71. The molecular formula is C9H12N2O3. The number of hydrogen-bond acceptors (Lipinski definition) is 5. The number of aliphatic hydroxyl groups is 1. The van der Waals surface area contributed by atoms with Gasteiger partial charge in [0.05, 0.1) is 13.2 Å². The lowest BCUT2D eigenvalue weighted by atomic mass is 10.3. The predicted octanol–water partition coefficient (Wildman–Crippen LogP) is 0.483. The Kier molecular flexibility index (Phi) is 1.66. The van der Waals surface area contributed by atoms with Crippen LogP contribution in [0.2, 0.25) is 0 Å². The van der Waals surface area contributed by atoms with Crippen molar-refractivity contribution in [1.82, 2.24) is 10.1 Å². The van der Waals surface area contributed by atoms with Crippen LogP contribution in [0, 0.1) is 11.8 Å². The van der Waals surface area contributed by atoms with E-state index in [1.54, 1.807) is 6.92 Å². The molecule has 1 aliphatic heterocycles. The minimum Gasteiger partial charge on any atom is -0.385 e. The molecule has 2 heterocycles. The molecule has 5 heteroatoms. The Morgan fingerprint density at radius 3 is 2.71 bits per heavy atom. The first-order chi connectivity index (χ1) is 6.77.